The molecule has 8 nitrogen and oxygen atoms in total. The Morgan fingerprint density at radius 1 is 1.03 bits per heavy atom. The lowest BCUT2D eigenvalue weighted by atomic mass is 10.2. The van der Waals surface area contributed by atoms with Crippen LogP contribution in [0, 0.1) is 0 Å². The third-order valence-electron chi connectivity index (χ3n) is 4.24. The van der Waals surface area contributed by atoms with E-state index in [2.05, 4.69) is 25.4 Å². The molecule has 8 heteroatoms. The molecule has 0 spiro atoms. The summed E-state index contributed by atoms with van der Waals surface area (Å²) in [5.41, 5.74) is 2.15. The summed E-state index contributed by atoms with van der Waals surface area (Å²) in [7, 11) is 1.62. The average molecular weight is 386 g/mol. The maximum atomic E-state index is 13.0. The first kappa shape index (κ1) is 18.3. The molecule has 29 heavy (non-hydrogen) atoms. The van der Waals surface area contributed by atoms with Crippen molar-refractivity contribution in [2.75, 3.05) is 12.4 Å². The van der Waals surface area contributed by atoms with Gasteiger partial charge in [0.15, 0.2) is 5.82 Å². The minimum atomic E-state index is -0.321. The Balaban J connectivity index is 1.65. The summed E-state index contributed by atoms with van der Waals surface area (Å²) in [6.07, 6.45) is 6.44. The maximum Gasteiger partial charge on any atom is 0.282 e. The van der Waals surface area contributed by atoms with Crippen molar-refractivity contribution in [2.24, 2.45) is 0 Å². The van der Waals surface area contributed by atoms with Crippen molar-refractivity contribution in [3.63, 3.8) is 0 Å². The summed E-state index contributed by atoms with van der Waals surface area (Å²) < 4.78 is 6.43. The number of rotatable bonds is 6. The predicted molar refractivity (Wildman–Crippen MR) is 108 cm³/mol. The molecule has 0 aliphatic carbocycles. The van der Waals surface area contributed by atoms with Gasteiger partial charge in [0.1, 0.15) is 5.75 Å². The molecular formula is C21H18N6O2. The van der Waals surface area contributed by atoms with Crippen LogP contribution in [0.25, 0.3) is 11.4 Å². The molecule has 0 aliphatic heterocycles. The Morgan fingerprint density at radius 2 is 1.79 bits per heavy atom. The van der Waals surface area contributed by atoms with Crippen LogP contribution >= 0.6 is 0 Å². The van der Waals surface area contributed by atoms with Crippen LogP contribution in [0.5, 0.6) is 5.75 Å². The van der Waals surface area contributed by atoms with E-state index < -0.39 is 0 Å². The van der Waals surface area contributed by atoms with Gasteiger partial charge in [-0.2, -0.15) is 9.67 Å². The van der Waals surface area contributed by atoms with Gasteiger partial charge >= 0.3 is 0 Å². The fourth-order valence-corrected chi connectivity index (χ4v) is 2.72. The molecule has 0 amide bonds. The number of carbonyl (C=O) groups is 1. The van der Waals surface area contributed by atoms with Crippen molar-refractivity contribution in [3.8, 4) is 17.1 Å². The van der Waals surface area contributed by atoms with Gasteiger partial charge in [-0.25, -0.2) is 0 Å². The molecule has 0 unspecified atom stereocenters. The van der Waals surface area contributed by atoms with E-state index in [-0.39, 0.29) is 5.91 Å². The van der Waals surface area contributed by atoms with Gasteiger partial charge in [-0.05, 0) is 42.0 Å². The van der Waals surface area contributed by atoms with Gasteiger partial charge < -0.3 is 10.1 Å². The largest absolute Gasteiger partial charge is 0.497 e. The van der Waals surface area contributed by atoms with Gasteiger partial charge in [0.05, 0.1) is 12.7 Å². The predicted octanol–water partition coefficient (Wildman–Crippen LogP) is 3.04. The summed E-state index contributed by atoms with van der Waals surface area (Å²) in [4.78, 5) is 25.6. The minimum Gasteiger partial charge on any atom is -0.497 e. The summed E-state index contributed by atoms with van der Waals surface area (Å²) in [5, 5.41) is 7.60. The molecule has 4 rings (SSSR count). The van der Waals surface area contributed by atoms with Crippen LogP contribution in [0.4, 0.5) is 5.95 Å². The Bertz CT molecular complexity index is 1100. The van der Waals surface area contributed by atoms with E-state index in [1.54, 1.807) is 43.9 Å². The molecular weight excluding hydrogens is 368 g/mol. The van der Waals surface area contributed by atoms with E-state index in [4.69, 9.17) is 4.74 Å². The fraction of sp³-hybridized carbons (Fsp3) is 0.0952. The molecule has 0 bridgehead atoms. The summed E-state index contributed by atoms with van der Waals surface area (Å²) >= 11 is 0. The van der Waals surface area contributed by atoms with Gasteiger partial charge in [-0.1, -0.05) is 12.1 Å². The van der Waals surface area contributed by atoms with Crippen molar-refractivity contribution in [3.05, 3.63) is 84.4 Å². The lowest BCUT2D eigenvalue weighted by Gasteiger charge is -2.08. The van der Waals surface area contributed by atoms with Crippen molar-refractivity contribution in [2.45, 2.75) is 6.54 Å². The average Bonchev–Trinajstić information content (AvgIpc) is 3.23. The maximum absolute atomic E-state index is 13.0. The number of aromatic nitrogens is 5. The third-order valence-corrected chi connectivity index (χ3v) is 4.24. The lowest BCUT2D eigenvalue weighted by molar-refractivity contribution is 0.0947. The number of nitrogens with zero attached hydrogens (tertiary/aromatic N) is 5. The zero-order valence-electron chi connectivity index (χ0n) is 15.7. The minimum absolute atomic E-state index is 0.321. The Morgan fingerprint density at radius 3 is 2.45 bits per heavy atom. The van der Waals surface area contributed by atoms with E-state index in [9.17, 15) is 4.79 Å². The van der Waals surface area contributed by atoms with E-state index in [0.717, 1.165) is 16.9 Å². The second kappa shape index (κ2) is 8.30. The van der Waals surface area contributed by atoms with Gasteiger partial charge in [0.2, 0.25) is 5.95 Å². The third kappa shape index (κ3) is 4.11. The summed E-state index contributed by atoms with van der Waals surface area (Å²) in [6.45, 7) is 0.468. The molecule has 144 valence electrons. The Kier molecular flexibility index (Phi) is 5.24. The van der Waals surface area contributed by atoms with Gasteiger partial charge in [0, 0.05) is 36.9 Å². The number of hydrogen-bond donors (Lipinski definition) is 1. The fourth-order valence-electron chi connectivity index (χ4n) is 2.72. The quantitative estimate of drug-likeness (QED) is 0.544. The number of benzene rings is 1. The smallest absolute Gasteiger partial charge is 0.282 e. The Labute approximate surface area is 167 Å². The Hall–Kier alpha value is -4.07. The van der Waals surface area contributed by atoms with E-state index >= 15 is 0 Å². The molecule has 4 aromatic rings. The van der Waals surface area contributed by atoms with E-state index in [1.165, 1.54) is 10.9 Å². The molecule has 0 saturated carbocycles. The number of methoxy groups -OCH3 is 1. The molecule has 0 fully saturated rings. The molecule has 0 saturated heterocycles. The topological polar surface area (TPSA) is 94.8 Å². The van der Waals surface area contributed by atoms with Crippen molar-refractivity contribution in [1.29, 1.82) is 0 Å². The van der Waals surface area contributed by atoms with Crippen molar-refractivity contribution < 1.29 is 9.53 Å². The highest BCUT2D eigenvalue weighted by Crippen LogP contribution is 2.19. The number of pyridine rings is 2. The highest BCUT2D eigenvalue weighted by molar-refractivity contribution is 5.96. The highest BCUT2D eigenvalue weighted by Gasteiger charge is 2.19. The van der Waals surface area contributed by atoms with Crippen LogP contribution in [0.1, 0.15) is 15.9 Å². The lowest BCUT2D eigenvalue weighted by Crippen LogP contribution is -2.17. The molecule has 0 aliphatic rings. The normalized spacial score (nSPS) is 10.5. The van der Waals surface area contributed by atoms with Gasteiger partial charge in [-0.15, -0.1) is 5.10 Å². The molecule has 3 heterocycles. The van der Waals surface area contributed by atoms with Crippen LogP contribution in [0.2, 0.25) is 0 Å². The van der Waals surface area contributed by atoms with Crippen LogP contribution < -0.4 is 10.1 Å². The number of anilines is 1. The van der Waals surface area contributed by atoms with Crippen LogP contribution in [0.15, 0.2) is 73.3 Å². The first-order valence-electron chi connectivity index (χ1n) is 8.93. The number of hydrogen-bond acceptors (Lipinski definition) is 7. The SMILES string of the molecule is COc1ccc(CNc2nc(-c3cccnc3)nn2C(=O)c2cccnc2)cc1. The highest BCUT2D eigenvalue weighted by atomic mass is 16.5. The first-order chi connectivity index (χ1) is 14.2. The van der Waals surface area contributed by atoms with Crippen LogP contribution in [0.3, 0.4) is 0 Å². The monoisotopic (exact) mass is 386 g/mol. The van der Waals surface area contributed by atoms with Gasteiger partial charge in [0.25, 0.3) is 5.91 Å². The van der Waals surface area contributed by atoms with E-state index in [0.29, 0.717) is 23.9 Å². The number of carbonyl (C=O) groups excluding carboxylic acids is 1. The van der Waals surface area contributed by atoms with Gasteiger partial charge in [-0.3, -0.25) is 14.8 Å². The number of nitrogens with one attached hydrogen (secondary N) is 1. The van der Waals surface area contributed by atoms with Crippen molar-refractivity contribution in [1.82, 2.24) is 24.7 Å². The molecule has 3 aromatic heterocycles. The molecule has 1 N–H and O–H groups in total. The molecule has 1 aromatic carbocycles. The van der Waals surface area contributed by atoms with Crippen LogP contribution in [-0.4, -0.2) is 37.7 Å². The number of ether oxygens (including phenoxy) is 1. The summed E-state index contributed by atoms with van der Waals surface area (Å²) in [6, 6.07) is 14.7. The summed E-state index contributed by atoms with van der Waals surface area (Å²) in [5.74, 6) is 1.21. The standard InChI is InChI=1S/C21H18N6O2/c1-29-18-8-6-15(7-9-18)12-24-21-25-19(16-4-2-10-22-13-16)26-27(21)20(28)17-5-3-11-23-14-17/h2-11,13-14H,12H2,1H3,(H,24,25,26). The van der Waals surface area contributed by atoms with Crippen molar-refractivity contribution >= 4 is 11.9 Å². The first-order valence-corrected chi connectivity index (χ1v) is 8.93. The van der Waals surface area contributed by atoms with E-state index in [1.807, 2.05) is 30.3 Å². The second-order valence-corrected chi connectivity index (χ2v) is 6.16. The molecule has 0 radical (unpaired) electrons. The zero-order chi connectivity index (χ0) is 20.1. The zero-order valence-corrected chi connectivity index (χ0v) is 15.7. The van der Waals surface area contributed by atoms with Crippen LogP contribution in [-0.2, 0) is 6.54 Å². The molecule has 0 atom stereocenters. The second-order valence-electron chi connectivity index (χ2n) is 6.16.